The number of hydrogen-bond donors (Lipinski definition) is 3. The van der Waals surface area contributed by atoms with Crippen LogP contribution >= 0.6 is 0 Å². The van der Waals surface area contributed by atoms with E-state index in [-0.39, 0.29) is 29.1 Å². The van der Waals surface area contributed by atoms with Gasteiger partial charge in [-0.3, -0.25) is 0 Å². The molecular weight excluding hydrogens is 367 g/mol. The van der Waals surface area contributed by atoms with Crippen molar-refractivity contribution >= 4 is 5.97 Å². The number of hydrogen-bond acceptors (Lipinski definition) is 6. The second-order valence-corrected chi connectivity index (χ2v) is 5.71. The van der Waals surface area contributed by atoms with Gasteiger partial charge in [-0.05, 0) is 30.7 Å². The first-order chi connectivity index (χ1) is 12.7. The molecule has 0 saturated carbocycles. The molecule has 1 aliphatic heterocycles. The SMILES string of the molecule is CCOC(=O)C1=C(N)Oc2cc(O)c(O)cc2C1c1cc(F)c(F)c(F)c1. The summed E-state index contributed by atoms with van der Waals surface area (Å²) in [6, 6.07) is 3.49. The Hall–Kier alpha value is -3.36. The van der Waals surface area contributed by atoms with Gasteiger partial charge in [0.05, 0.1) is 12.5 Å². The molecule has 1 aliphatic rings. The van der Waals surface area contributed by atoms with Crippen molar-refractivity contribution in [1.82, 2.24) is 0 Å². The predicted octanol–water partition coefficient (Wildman–Crippen LogP) is 2.77. The minimum Gasteiger partial charge on any atom is -0.504 e. The zero-order valence-corrected chi connectivity index (χ0v) is 13.9. The molecule has 6 nitrogen and oxygen atoms in total. The molecule has 0 aliphatic carbocycles. The van der Waals surface area contributed by atoms with Crippen molar-refractivity contribution in [1.29, 1.82) is 0 Å². The Bertz CT molecular complexity index is 951. The molecule has 0 amide bonds. The van der Waals surface area contributed by atoms with E-state index in [4.69, 9.17) is 15.2 Å². The molecule has 0 radical (unpaired) electrons. The van der Waals surface area contributed by atoms with Crippen LogP contribution in [0.25, 0.3) is 0 Å². The number of esters is 1. The van der Waals surface area contributed by atoms with Crippen LogP contribution in [0.3, 0.4) is 0 Å². The normalized spacial score (nSPS) is 15.9. The molecule has 1 heterocycles. The molecule has 2 aromatic carbocycles. The third-order valence-electron chi connectivity index (χ3n) is 4.03. The summed E-state index contributed by atoms with van der Waals surface area (Å²) in [5.41, 5.74) is 5.44. The van der Waals surface area contributed by atoms with Gasteiger partial charge in [0.25, 0.3) is 0 Å². The summed E-state index contributed by atoms with van der Waals surface area (Å²) in [6.07, 6.45) is 0. The number of halogens is 3. The fourth-order valence-electron chi connectivity index (χ4n) is 2.87. The highest BCUT2D eigenvalue weighted by Crippen LogP contribution is 2.46. The van der Waals surface area contributed by atoms with E-state index >= 15 is 0 Å². The summed E-state index contributed by atoms with van der Waals surface area (Å²) >= 11 is 0. The fraction of sp³-hybridized carbons (Fsp3) is 0.167. The van der Waals surface area contributed by atoms with E-state index in [1.165, 1.54) is 0 Å². The van der Waals surface area contributed by atoms with Crippen LogP contribution in [-0.4, -0.2) is 22.8 Å². The summed E-state index contributed by atoms with van der Waals surface area (Å²) in [7, 11) is 0. The maximum Gasteiger partial charge on any atom is 0.340 e. The fourth-order valence-corrected chi connectivity index (χ4v) is 2.87. The molecule has 0 aromatic heterocycles. The number of rotatable bonds is 3. The average Bonchev–Trinajstić information content (AvgIpc) is 2.60. The number of benzene rings is 2. The lowest BCUT2D eigenvalue weighted by Crippen LogP contribution is -2.27. The molecule has 3 rings (SSSR count). The molecule has 142 valence electrons. The standard InChI is InChI=1S/C18H14F3NO5/c1-2-26-18(25)15-14(7-3-9(19)16(21)10(20)4-7)8-5-11(23)12(24)6-13(8)27-17(15)22/h3-6,14,23-24H,2,22H2,1H3. The maximum absolute atomic E-state index is 13.8. The number of aromatic hydroxyl groups is 2. The third-order valence-corrected chi connectivity index (χ3v) is 4.03. The lowest BCUT2D eigenvalue weighted by molar-refractivity contribution is -0.139. The molecular formula is C18H14F3NO5. The van der Waals surface area contributed by atoms with Gasteiger partial charge in [-0.1, -0.05) is 0 Å². The van der Waals surface area contributed by atoms with Crippen molar-refractivity contribution in [3.8, 4) is 17.2 Å². The monoisotopic (exact) mass is 381 g/mol. The van der Waals surface area contributed by atoms with Crippen molar-refractivity contribution in [2.24, 2.45) is 5.73 Å². The van der Waals surface area contributed by atoms with Gasteiger partial charge in [-0.15, -0.1) is 0 Å². The molecule has 0 spiro atoms. The van der Waals surface area contributed by atoms with E-state index in [0.29, 0.717) is 12.1 Å². The molecule has 0 fully saturated rings. The van der Waals surface area contributed by atoms with E-state index in [1.54, 1.807) is 6.92 Å². The van der Waals surface area contributed by atoms with Gasteiger partial charge >= 0.3 is 5.97 Å². The Balaban J connectivity index is 2.28. The van der Waals surface area contributed by atoms with Crippen LogP contribution in [0.1, 0.15) is 24.0 Å². The number of phenols is 2. The van der Waals surface area contributed by atoms with Crippen molar-refractivity contribution < 1.29 is 37.7 Å². The molecule has 9 heteroatoms. The van der Waals surface area contributed by atoms with Crippen LogP contribution in [-0.2, 0) is 9.53 Å². The first-order valence-electron chi connectivity index (χ1n) is 7.79. The van der Waals surface area contributed by atoms with E-state index in [1.807, 2.05) is 0 Å². The number of ether oxygens (including phenoxy) is 2. The van der Waals surface area contributed by atoms with Gasteiger partial charge in [0.1, 0.15) is 11.3 Å². The summed E-state index contributed by atoms with van der Waals surface area (Å²) in [4.78, 5) is 12.4. The zero-order chi connectivity index (χ0) is 19.9. The quantitative estimate of drug-likeness (QED) is 0.429. The largest absolute Gasteiger partial charge is 0.504 e. The number of carbonyl (C=O) groups is 1. The zero-order valence-electron chi connectivity index (χ0n) is 13.9. The topological polar surface area (TPSA) is 102 Å². The van der Waals surface area contributed by atoms with Gasteiger partial charge < -0.3 is 25.4 Å². The predicted molar refractivity (Wildman–Crippen MR) is 86.4 cm³/mol. The number of carbonyl (C=O) groups excluding carboxylic acids is 1. The molecule has 1 unspecified atom stereocenters. The van der Waals surface area contributed by atoms with E-state index in [0.717, 1.165) is 12.1 Å². The van der Waals surface area contributed by atoms with Crippen molar-refractivity contribution in [2.45, 2.75) is 12.8 Å². The van der Waals surface area contributed by atoms with Crippen molar-refractivity contribution in [3.05, 3.63) is 64.3 Å². The molecule has 0 saturated heterocycles. The second-order valence-electron chi connectivity index (χ2n) is 5.71. The van der Waals surface area contributed by atoms with Gasteiger partial charge in [-0.25, -0.2) is 18.0 Å². The Morgan fingerprint density at radius 2 is 1.74 bits per heavy atom. The lowest BCUT2D eigenvalue weighted by Gasteiger charge is -2.28. The highest BCUT2D eigenvalue weighted by molar-refractivity contribution is 5.92. The van der Waals surface area contributed by atoms with Gasteiger partial charge in [0, 0.05) is 11.6 Å². The Kier molecular flexibility index (Phi) is 4.61. The Morgan fingerprint density at radius 1 is 1.15 bits per heavy atom. The highest BCUT2D eigenvalue weighted by atomic mass is 19.2. The minimum absolute atomic E-state index is 0.0117. The summed E-state index contributed by atoms with van der Waals surface area (Å²) in [6.45, 7) is 1.53. The van der Waals surface area contributed by atoms with E-state index < -0.39 is 46.7 Å². The number of phenolic OH excluding ortho intramolecular Hbond substituents is 2. The van der Waals surface area contributed by atoms with Crippen LogP contribution < -0.4 is 10.5 Å². The lowest BCUT2D eigenvalue weighted by atomic mass is 9.82. The van der Waals surface area contributed by atoms with Gasteiger partial charge in [-0.2, -0.15) is 0 Å². The van der Waals surface area contributed by atoms with Gasteiger partial charge in [0.15, 0.2) is 29.0 Å². The summed E-state index contributed by atoms with van der Waals surface area (Å²) in [5.74, 6) is -8.32. The Morgan fingerprint density at radius 3 is 2.33 bits per heavy atom. The highest BCUT2D eigenvalue weighted by Gasteiger charge is 2.37. The molecule has 1 atom stereocenters. The van der Waals surface area contributed by atoms with Crippen molar-refractivity contribution in [3.63, 3.8) is 0 Å². The van der Waals surface area contributed by atoms with Crippen LogP contribution in [0.15, 0.2) is 35.7 Å². The minimum atomic E-state index is -1.67. The van der Waals surface area contributed by atoms with Crippen LogP contribution in [0.4, 0.5) is 13.2 Å². The molecule has 4 N–H and O–H groups in total. The average molecular weight is 381 g/mol. The molecule has 2 aromatic rings. The van der Waals surface area contributed by atoms with Crippen LogP contribution in [0.5, 0.6) is 17.2 Å². The second kappa shape index (κ2) is 6.75. The number of fused-ring (bicyclic) bond motifs is 1. The number of nitrogens with two attached hydrogens (primary N) is 1. The first-order valence-corrected chi connectivity index (χ1v) is 7.79. The van der Waals surface area contributed by atoms with Crippen molar-refractivity contribution in [2.75, 3.05) is 6.61 Å². The first kappa shape index (κ1) is 18.4. The Labute approximate surface area is 151 Å². The van der Waals surface area contributed by atoms with Gasteiger partial charge in [0.2, 0.25) is 5.88 Å². The summed E-state index contributed by atoms with van der Waals surface area (Å²) in [5, 5.41) is 19.5. The summed E-state index contributed by atoms with van der Waals surface area (Å²) < 4.78 is 51.2. The molecule has 27 heavy (non-hydrogen) atoms. The van der Waals surface area contributed by atoms with E-state index in [9.17, 15) is 28.2 Å². The van der Waals surface area contributed by atoms with Crippen LogP contribution in [0.2, 0.25) is 0 Å². The smallest absolute Gasteiger partial charge is 0.340 e. The van der Waals surface area contributed by atoms with Crippen LogP contribution in [0, 0.1) is 17.5 Å². The maximum atomic E-state index is 13.8. The molecule has 0 bridgehead atoms. The third kappa shape index (κ3) is 3.12. The van der Waals surface area contributed by atoms with E-state index in [2.05, 4.69) is 0 Å².